The third-order valence-corrected chi connectivity index (χ3v) is 4.97. The molecule has 3 nitrogen and oxygen atoms in total. The molecule has 0 saturated heterocycles. The number of para-hydroxylation sites is 1. The van der Waals surface area contributed by atoms with E-state index in [4.69, 9.17) is 0 Å². The van der Waals surface area contributed by atoms with Crippen LogP contribution in [0.5, 0.6) is 0 Å². The summed E-state index contributed by atoms with van der Waals surface area (Å²) < 4.78 is 39.3. The van der Waals surface area contributed by atoms with E-state index in [1.54, 1.807) is 6.92 Å². The van der Waals surface area contributed by atoms with Gasteiger partial charge in [-0.1, -0.05) is 42.5 Å². The largest absolute Gasteiger partial charge is 0.418 e. The van der Waals surface area contributed by atoms with Crippen molar-refractivity contribution in [1.82, 2.24) is 0 Å². The number of anilines is 1. The maximum absolute atomic E-state index is 13.1. The lowest BCUT2D eigenvalue weighted by Gasteiger charge is -2.28. The molecule has 2 aromatic rings. The van der Waals surface area contributed by atoms with Crippen molar-refractivity contribution in [2.24, 2.45) is 0 Å². The van der Waals surface area contributed by atoms with Crippen LogP contribution in [-0.4, -0.2) is 25.0 Å². The van der Waals surface area contributed by atoms with Crippen molar-refractivity contribution in [3.8, 4) is 0 Å². The van der Waals surface area contributed by atoms with Gasteiger partial charge in [0.2, 0.25) is 0 Å². The highest BCUT2D eigenvalue weighted by Crippen LogP contribution is 2.34. The average Bonchev–Trinajstić information content (AvgIpc) is 2.68. The summed E-state index contributed by atoms with van der Waals surface area (Å²) in [6, 6.07) is 14.7. The van der Waals surface area contributed by atoms with Gasteiger partial charge in [-0.2, -0.15) is 13.2 Å². The van der Waals surface area contributed by atoms with Crippen LogP contribution in [0.2, 0.25) is 0 Å². The normalized spacial score (nSPS) is 18.5. The number of benzene rings is 2. The molecule has 0 fully saturated rings. The fourth-order valence-corrected chi connectivity index (χ4v) is 3.33. The van der Waals surface area contributed by atoms with Crippen molar-refractivity contribution in [2.75, 3.05) is 18.4 Å². The molecule has 142 valence electrons. The van der Waals surface area contributed by atoms with Crippen LogP contribution in [0.1, 0.15) is 24.5 Å². The first kappa shape index (κ1) is 19.2. The number of alkyl halides is 3. The second-order valence-electron chi connectivity index (χ2n) is 6.71. The highest BCUT2D eigenvalue weighted by atomic mass is 19.4. The zero-order valence-electron chi connectivity index (χ0n) is 15.0. The summed E-state index contributed by atoms with van der Waals surface area (Å²) in [6.45, 7) is 3.18. The van der Waals surface area contributed by atoms with E-state index in [9.17, 15) is 18.0 Å². The molecule has 0 radical (unpaired) electrons. The summed E-state index contributed by atoms with van der Waals surface area (Å²) in [6.07, 6.45) is -1.56. The minimum absolute atomic E-state index is 0.196. The number of carbonyl (C=O) groups is 1. The van der Waals surface area contributed by atoms with E-state index in [0.717, 1.165) is 23.9 Å². The van der Waals surface area contributed by atoms with Gasteiger partial charge in [-0.15, -0.1) is 0 Å². The lowest BCUT2D eigenvalue weighted by Crippen LogP contribution is -3.17. The highest BCUT2D eigenvalue weighted by molar-refractivity contribution is 5.94. The minimum atomic E-state index is -4.50. The van der Waals surface area contributed by atoms with Crippen LogP contribution < -0.4 is 10.2 Å². The SMILES string of the molecule is C[C@H](C(=O)Nc1ccccc1C(F)(F)F)[NH+]1CC=C(c2ccccc2)CC1. The Kier molecular flexibility index (Phi) is 5.65. The predicted octanol–water partition coefficient (Wildman–Crippen LogP) is 3.40. The second-order valence-corrected chi connectivity index (χ2v) is 6.71. The molecule has 0 spiro atoms. The van der Waals surface area contributed by atoms with Crippen molar-refractivity contribution < 1.29 is 22.9 Å². The van der Waals surface area contributed by atoms with Gasteiger partial charge < -0.3 is 10.2 Å². The number of hydrogen-bond acceptors (Lipinski definition) is 1. The van der Waals surface area contributed by atoms with Crippen LogP contribution in [0, 0.1) is 0 Å². The number of nitrogens with one attached hydrogen (secondary N) is 2. The van der Waals surface area contributed by atoms with E-state index in [2.05, 4.69) is 23.5 Å². The van der Waals surface area contributed by atoms with Gasteiger partial charge in [0.1, 0.15) is 0 Å². The minimum Gasteiger partial charge on any atom is -0.321 e. The zero-order valence-corrected chi connectivity index (χ0v) is 15.0. The van der Waals surface area contributed by atoms with Crippen LogP contribution in [0.4, 0.5) is 18.9 Å². The third kappa shape index (κ3) is 4.57. The molecule has 2 N–H and O–H groups in total. The van der Waals surface area contributed by atoms with Crippen LogP contribution >= 0.6 is 0 Å². The molecule has 6 heteroatoms. The summed E-state index contributed by atoms with van der Waals surface area (Å²) >= 11 is 0. The van der Waals surface area contributed by atoms with Crippen molar-refractivity contribution in [3.63, 3.8) is 0 Å². The van der Waals surface area contributed by atoms with Crippen molar-refractivity contribution >= 4 is 17.2 Å². The topological polar surface area (TPSA) is 33.5 Å². The number of rotatable bonds is 4. The van der Waals surface area contributed by atoms with Gasteiger partial charge in [-0.3, -0.25) is 4.79 Å². The van der Waals surface area contributed by atoms with Crippen LogP contribution in [0.15, 0.2) is 60.7 Å². The van der Waals surface area contributed by atoms with Gasteiger partial charge in [0, 0.05) is 6.42 Å². The van der Waals surface area contributed by atoms with Crippen molar-refractivity contribution in [3.05, 3.63) is 71.8 Å². The molecule has 2 aromatic carbocycles. The molecule has 0 bridgehead atoms. The predicted molar refractivity (Wildman–Crippen MR) is 99.3 cm³/mol. The van der Waals surface area contributed by atoms with Gasteiger partial charge in [0.15, 0.2) is 6.04 Å². The Balaban J connectivity index is 1.67. The highest BCUT2D eigenvalue weighted by Gasteiger charge is 2.35. The number of amides is 1. The fraction of sp³-hybridized carbons (Fsp3) is 0.286. The van der Waals surface area contributed by atoms with Gasteiger partial charge in [-0.05, 0) is 36.3 Å². The van der Waals surface area contributed by atoms with Crippen molar-refractivity contribution in [2.45, 2.75) is 25.6 Å². The molecule has 1 amide bonds. The smallest absolute Gasteiger partial charge is 0.321 e. The fourth-order valence-electron chi connectivity index (χ4n) is 3.33. The van der Waals surface area contributed by atoms with E-state index >= 15 is 0 Å². The number of hydrogen-bond donors (Lipinski definition) is 2. The van der Waals surface area contributed by atoms with Crippen LogP contribution in [0.25, 0.3) is 5.57 Å². The first-order valence-corrected chi connectivity index (χ1v) is 8.92. The van der Waals surface area contributed by atoms with E-state index < -0.39 is 23.7 Å². The molecule has 1 heterocycles. The number of quaternary nitrogens is 1. The summed E-state index contributed by atoms with van der Waals surface area (Å²) in [7, 11) is 0. The molecular formula is C21H22F3N2O+. The Labute approximate surface area is 156 Å². The lowest BCUT2D eigenvalue weighted by molar-refractivity contribution is -0.909. The van der Waals surface area contributed by atoms with Gasteiger partial charge >= 0.3 is 6.18 Å². The summed E-state index contributed by atoms with van der Waals surface area (Å²) in [4.78, 5) is 13.6. The summed E-state index contributed by atoms with van der Waals surface area (Å²) in [5, 5.41) is 2.46. The van der Waals surface area contributed by atoms with Crippen molar-refractivity contribution in [1.29, 1.82) is 0 Å². The average molecular weight is 375 g/mol. The lowest BCUT2D eigenvalue weighted by atomic mass is 9.99. The van der Waals surface area contributed by atoms with E-state index in [0.29, 0.717) is 6.54 Å². The molecule has 27 heavy (non-hydrogen) atoms. The maximum atomic E-state index is 13.1. The first-order chi connectivity index (χ1) is 12.9. The molecule has 0 saturated carbocycles. The van der Waals surface area contributed by atoms with E-state index in [1.165, 1.54) is 29.3 Å². The Morgan fingerprint density at radius 2 is 1.74 bits per heavy atom. The quantitative estimate of drug-likeness (QED) is 0.844. The maximum Gasteiger partial charge on any atom is 0.418 e. The summed E-state index contributed by atoms with van der Waals surface area (Å²) in [5.41, 5.74) is 1.39. The Hall–Kier alpha value is -2.60. The molecule has 1 unspecified atom stereocenters. The zero-order chi connectivity index (χ0) is 19.4. The van der Waals surface area contributed by atoms with Gasteiger partial charge in [-0.25, -0.2) is 0 Å². The Morgan fingerprint density at radius 1 is 1.07 bits per heavy atom. The molecule has 1 aliphatic heterocycles. The molecule has 2 atom stereocenters. The molecular weight excluding hydrogens is 353 g/mol. The molecule has 0 aromatic heterocycles. The number of halogens is 3. The second kappa shape index (κ2) is 7.96. The Bertz CT molecular complexity index is 831. The molecule has 1 aliphatic rings. The van der Waals surface area contributed by atoms with Crippen LogP contribution in [-0.2, 0) is 11.0 Å². The standard InChI is InChI=1S/C21H21F3N2O/c1-15(20(27)25-19-10-6-5-9-18(19)21(22,23)24)26-13-11-17(12-14-26)16-7-3-2-4-8-16/h2-11,15H,12-14H2,1H3,(H,25,27)/p+1/t15-/m1/s1. The van der Waals surface area contributed by atoms with E-state index in [1.807, 2.05) is 18.2 Å². The van der Waals surface area contributed by atoms with Gasteiger partial charge in [0.05, 0.1) is 24.3 Å². The Morgan fingerprint density at radius 3 is 2.37 bits per heavy atom. The first-order valence-electron chi connectivity index (χ1n) is 8.92. The molecule has 0 aliphatic carbocycles. The summed E-state index contributed by atoms with van der Waals surface area (Å²) in [5.74, 6) is -0.404. The molecule has 3 rings (SSSR count). The van der Waals surface area contributed by atoms with Gasteiger partial charge in [0.25, 0.3) is 5.91 Å². The third-order valence-electron chi connectivity index (χ3n) is 4.97. The van der Waals surface area contributed by atoms with Crippen LogP contribution in [0.3, 0.4) is 0 Å². The number of carbonyl (C=O) groups excluding carboxylic acids is 1. The van der Waals surface area contributed by atoms with E-state index in [-0.39, 0.29) is 5.69 Å². The monoisotopic (exact) mass is 375 g/mol.